The summed E-state index contributed by atoms with van der Waals surface area (Å²) in [4.78, 5) is 22.6. The second-order valence-corrected chi connectivity index (χ2v) is 5.36. The fourth-order valence-electron chi connectivity index (χ4n) is 1.75. The van der Waals surface area contributed by atoms with E-state index in [-0.39, 0.29) is 5.12 Å². The third-order valence-corrected chi connectivity index (χ3v) is 3.23. The molecule has 1 unspecified atom stereocenters. The summed E-state index contributed by atoms with van der Waals surface area (Å²) in [5.41, 5.74) is 0.305. The summed E-state index contributed by atoms with van der Waals surface area (Å²) in [5, 5.41) is -0.388. The van der Waals surface area contributed by atoms with Crippen molar-refractivity contribution in [3.63, 3.8) is 0 Å². The third kappa shape index (κ3) is 9.77. The molecule has 0 aliphatic rings. The predicted octanol–water partition coefficient (Wildman–Crippen LogP) is 4.07. The molecular weight excluding hydrogens is 260 g/mol. The molecule has 4 heteroatoms. The smallest absolute Gasteiger partial charge is 0.333 e. The van der Waals surface area contributed by atoms with Gasteiger partial charge in [-0.1, -0.05) is 52.0 Å². The van der Waals surface area contributed by atoms with Crippen LogP contribution in [0.3, 0.4) is 0 Å². The van der Waals surface area contributed by atoms with Crippen molar-refractivity contribution < 1.29 is 14.3 Å². The average molecular weight is 286 g/mol. The normalized spacial score (nSPS) is 11.9. The summed E-state index contributed by atoms with van der Waals surface area (Å²) in [6.45, 7) is 7.25. The Labute approximate surface area is 122 Å². The van der Waals surface area contributed by atoms with Gasteiger partial charge in [-0.3, -0.25) is 4.79 Å². The van der Waals surface area contributed by atoms with E-state index in [1.807, 2.05) is 0 Å². The van der Waals surface area contributed by atoms with Crippen LogP contribution >= 0.6 is 12.6 Å². The molecule has 0 saturated carbocycles. The Morgan fingerprint density at radius 2 is 1.63 bits per heavy atom. The first kappa shape index (κ1) is 18.2. The minimum Gasteiger partial charge on any atom is -0.450 e. The Balaban J connectivity index is 3.81. The van der Waals surface area contributed by atoms with Crippen LogP contribution in [0.15, 0.2) is 12.2 Å². The number of rotatable bonds is 11. The fraction of sp³-hybridized carbons (Fsp3) is 0.733. The van der Waals surface area contributed by atoms with Gasteiger partial charge < -0.3 is 4.74 Å². The lowest BCUT2D eigenvalue weighted by molar-refractivity contribution is -0.148. The first-order valence-corrected chi connectivity index (χ1v) is 7.53. The van der Waals surface area contributed by atoms with Gasteiger partial charge in [-0.05, 0) is 19.8 Å². The molecule has 0 N–H and O–H groups in total. The number of carbonyl (C=O) groups is 2. The van der Waals surface area contributed by atoms with Crippen LogP contribution in [0.5, 0.6) is 0 Å². The summed E-state index contributed by atoms with van der Waals surface area (Å²) in [5.74, 6) is -0.518. The summed E-state index contributed by atoms with van der Waals surface area (Å²) >= 11 is 3.76. The zero-order chi connectivity index (χ0) is 14.7. The Kier molecular flexibility index (Phi) is 10.6. The zero-order valence-electron chi connectivity index (χ0n) is 12.1. The standard InChI is InChI=1S/C15H26O3S/c1-4-5-6-7-8-9-10-11-13(15(17)19)18-14(16)12(2)3/h13H,2,4-11H2,1,3H3,(H,17,19). The molecule has 0 aromatic rings. The van der Waals surface area contributed by atoms with E-state index >= 15 is 0 Å². The average Bonchev–Trinajstić information content (AvgIpc) is 2.35. The molecule has 0 saturated heterocycles. The predicted molar refractivity (Wildman–Crippen MR) is 81.3 cm³/mol. The Morgan fingerprint density at radius 3 is 2.11 bits per heavy atom. The van der Waals surface area contributed by atoms with E-state index in [0.717, 1.165) is 12.8 Å². The van der Waals surface area contributed by atoms with E-state index in [0.29, 0.717) is 12.0 Å². The molecule has 0 radical (unpaired) electrons. The SMILES string of the molecule is C=C(C)C(=O)OC(CCCCCCCCC)C(=O)S. The molecule has 0 fully saturated rings. The van der Waals surface area contributed by atoms with Gasteiger partial charge in [-0.2, -0.15) is 0 Å². The highest BCUT2D eigenvalue weighted by molar-refractivity contribution is 7.96. The number of thiol groups is 1. The number of carbonyl (C=O) groups excluding carboxylic acids is 2. The van der Waals surface area contributed by atoms with E-state index in [1.54, 1.807) is 6.92 Å². The molecule has 0 aliphatic carbocycles. The van der Waals surface area contributed by atoms with Crippen molar-refractivity contribution in [1.29, 1.82) is 0 Å². The molecule has 0 aromatic carbocycles. The van der Waals surface area contributed by atoms with Gasteiger partial charge in [0.15, 0.2) is 6.10 Å². The van der Waals surface area contributed by atoms with Gasteiger partial charge in [-0.15, -0.1) is 12.6 Å². The minimum atomic E-state index is -0.733. The molecular formula is C15H26O3S. The Morgan fingerprint density at radius 1 is 1.11 bits per heavy atom. The highest BCUT2D eigenvalue weighted by atomic mass is 32.1. The van der Waals surface area contributed by atoms with Gasteiger partial charge in [-0.25, -0.2) is 4.79 Å². The largest absolute Gasteiger partial charge is 0.450 e. The third-order valence-electron chi connectivity index (χ3n) is 2.94. The molecule has 0 rings (SSSR count). The molecule has 0 bridgehead atoms. The lowest BCUT2D eigenvalue weighted by Gasteiger charge is -2.14. The number of ether oxygens (including phenoxy) is 1. The zero-order valence-corrected chi connectivity index (χ0v) is 13.0. The first-order chi connectivity index (χ1) is 8.99. The van der Waals surface area contributed by atoms with Crippen LogP contribution in [0.1, 0.15) is 65.2 Å². The van der Waals surface area contributed by atoms with Gasteiger partial charge in [0, 0.05) is 5.57 Å². The van der Waals surface area contributed by atoms with Crippen LogP contribution in [-0.4, -0.2) is 17.2 Å². The van der Waals surface area contributed by atoms with Crippen molar-refractivity contribution >= 4 is 23.7 Å². The first-order valence-electron chi connectivity index (χ1n) is 7.08. The summed E-state index contributed by atoms with van der Waals surface area (Å²) < 4.78 is 5.05. The van der Waals surface area contributed by atoms with Gasteiger partial charge in [0.2, 0.25) is 5.12 Å². The van der Waals surface area contributed by atoms with Crippen LogP contribution in [0.4, 0.5) is 0 Å². The van der Waals surface area contributed by atoms with E-state index < -0.39 is 12.1 Å². The molecule has 3 nitrogen and oxygen atoms in total. The maximum Gasteiger partial charge on any atom is 0.333 e. The quantitative estimate of drug-likeness (QED) is 0.269. The molecule has 0 aliphatic heterocycles. The summed E-state index contributed by atoms with van der Waals surface area (Å²) in [6, 6.07) is 0. The molecule has 0 aromatic heterocycles. The van der Waals surface area contributed by atoms with Crippen molar-refractivity contribution in [1.82, 2.24) is 0 Å². The van der Waals surface area contributed by atoms with Crippen molar-refractivity contribution in [2.45, 2.75) is 71.3 Å². The lowest BCUT2D eigenvalue weighted by Crippen LogP contribution is -2.24. The van der Waals surface area contributed by atoms with Crippen LogP contribution in [-0.2, 0) is 14.3 Å². The highest BCUT2D eigenvalue weighted by Gasteiger charge is 2.19. The van der Waals surface area contributed by atoms with Gasteiger partial charge >= 0.3 is 5.97 Å². The van der Waals surface area contributed by atoms with Gasteiger partial charge in [0.25, 0.3) is 0 Å². The second kappa shape index (κ2) is 11.1. The van der Waals surface area contributed by atoms with Crippen LogP contribution in [0.2, 0.25) is 0 Å². The maximum absolute atomic E-state index is 11.4. The molecule has 110 valence electrons. The van der Waals surface area contributed by atoms with Gasteiger partial charge in [0.05, 0.1) is 0 Å². The maximum atomic E-state index is 11.4. The minimum absolute atomic E-state index is 0.305. The van der Waals surface area contributed by atoms with Crippen LogP contribution in [0.25, 0.3) is 0 Å². The molecule has 0 heterocycles. The van der Waals surface area contributed by atoms with Gasteiger partial charge in [0.1, 0.15) is 0 Å². The molecule has 19 heavy (non-hydrogen) atoms. The summed E-state index contributed by atoms with van der Waals surface area (Å²) in [7, 11) is 0. The van der Waals surface area contributed by atoms with E-state index in [2.05, 4.69) is 26.1 Å². The Bertz CT molecular complexity index is 300. The second-order valence-electron chi connectivity index (χ2n) is 4.92. The highest BCUT2D eigenvalue weighted by Crippen LogP contribution is 2.13. The van der Waals surface area contributed by atoms with Crippen molar-refractivity contribution in [3.05, 3.63) is 12.2 Å². The van der Waals surface area contributed by atoms with E-state index in [4.69, 9.17) is 4.74 Å². The van der Waals surface area contributed by atoms with Crippen molar-refractivity contribution in [2.75, 3.05) is 0 Å². The van der Waals surface area contributed by atoms with Crippen LogP contribution in [0, 0.1) is 0 Å². The number of hydrogen-bond donors (Lipinski definition) is 1. The topological polar surface area (TPSA) is 43.4 Å². The Hall–Kier alpha value is -0.770. The number of hydrogen-bond acceptors (Lipinski definition) is 3. The fourth-order valence-corrected chi connectivity index (χ4v) is 1.93. The number of unbranched alkanes of at least 4 members (excludes halogenated alkanes) is 6. The molecule has 0 amide bonds. The van der Waals surface area contributed by atoms with Crippen molar-refractivity contribution in [2.24, 2.45) is 0 Å². The van der Waals surface area contributed by atoms with E-state index in [9.17, 15) is 9.59 Å². The van der Waals surface area contributed by atoms with Crippen LogP contribution < -0.4 is 0 Å². The monoisotopic (exact) mass is 286 g/mol. The summed E-state index contributed by atoms with van der Waals surface area (Å²) in [6.07, 6.45) is 7.97. The lowest BCUT2D eigenvalue weighted by atomic mass is 10.1. The molecule has 0 spiro atoms. The number of esters is 1. The van der Waals surface area contributed by atoms with Crippen molar-refractivity contribution in [3.8, 4) is 0 Å². The van der Waals surface area contributed by atoms with E-state index in [1.165, 1.54) is 32.1 Å². The molecule has 1 atom stereocenters.